The van der Waals surface area contributed by atoms with Gasteiger partial charge in [0.1, 0.15) is 18.2 Å². The van der Waals surface area contributed by atoms with Gasteiger partial charge < -0.3 is 4.42 Å². The lowest BCUT2D eigenvalue weighted by Crippen LogP contribution is -2.32. The highest BCUT2D eigenvalue weighted by Gasteiger charge is 2.23. The molecule has 0 aliphatic heterocycles. The van der Waals surface area contributed by atoms with Crippen LogP contribution in [-0.2, 0) is 13.4 Å². The van der Waals surface area contributed by atoms with Crippen molar-refractivity contribution in [1.29, 1.82) is 0 Å². The SMILES string of the molecule is [2H]C([2H])(c1cc(-c2c(C)ccc3c2oc2c([N+]#[C-])cccc23)[n+](C)cc1F)C(C)C. The molecule has 0 spiro atoms. The van der Waals surface area contributed by atoms with Gasteiger partial charge in [0.05, 0.1) is 12.1 Å². The van der Waals surface area contributed by atoms with E-state index in [1.165, 1.54) is 6.20 Å². The molecule has 4 aromatic rings. The first kappa shape index (κ1) is 15.8. The highest BCUT2D eigenvalue weighted by Crippen LogP contribution is 2.40. The third-order valence-electron chi connectivity index (χ3n) is 4.90. The van der Waals surface area contributed by atoms with Crippen molar-refractivity contribution in [1.82, 2.24) is 0 Å². The number of rotatable bonds is 3. The van der Waals surface area contributed by atoms with Crippen LogP contribution in [0.5, 0.6) is 0 Å². The fraction of sp³-hybridized carbons (Fsp3) is 0.250. The Kier molecular flexibility index (Phi) is 3.82. The number of halogens is 1. The molecule has 0 radical (unpaired) electrons. The summed E-state index contributed by atoms with van der Waals surface area (Å²) in [6.07, 6.45) is -0.504. The van der Waals surface area contributed by atoms with Crippen LogP contribution in [0.4, 0.5) is 10.1 Å². The summed E-state index contributed by atoms with van der Waals surface area (Å²) in [5.41, 5.74) is 3.94. The molecule has 0 aliphatic rings. The molecule has 0 atom stereocenters. The average molecular weight is 375 g/mol. The minimum atomic E-state index is -1.82. The first-order valence-electron chi connectivity index (χ1n) is 10.2. The number of furan rings is 1. The number of nitrogens with zero attached hydrogens (tertiary/aromatic N) is 2. The third-order valence-corrected chi connectivity index (χ3v) is 4.90. The van der Waals surface area contributed by atoms with E-state index in [-0.39, 0.29) is 5.56 Å². The number of pyridine rings is 1. The zero-order valence-corrected chi connectivity index (χ0v) is 16.3. The number of aromatic nitrogens is 1. The van der Waals surface area contributed by atoms with Gasteiger partial charge in [0, 0.05) is 25.1 Å². The third kappa shape index (κ3) is 2.84. The second-order valence-electron chi connectivity index (χ2n) is 7.33. The molecule has 0 fully saturated rings. The molecule has 4 rings (SSSR count). The molecular weight excluding hydrogens is 351 g/mol. The van der Waals surface area contributed by atoms with Crippen LogP contribution >= 0.6 is 0 Å². The van der Waals surface area contributed by atoms with Crippen LogP contribution in [-0.4, -0.2) is 0 Å². The Morgan fingerprint density at radius 2 is 1.96 bits per heavy atom. The van der Waals surface area contributed by atoms with Gasteiger partial charge in [-0.15, -0.1) is 0 Å². The zero-order valence-electron chi connectivity index (χ0n) is 18.3. The van der Waals surface area contributed by atoms with E-state index in [1.54, 1.807) is 37.6 Å². The van der Waals surface area contributed by atoms with Crippen molar-refractivity contribution in [3.63, 3.8) is 0 Å². The summed E-state index contributed by atoms with van der Waals surface area (Å²) < 4.78 is 39.4. The van der Waals surface area contributed by atoms with Crippen molar-refractivity contribution in [2.45, 2.75) is 27.1 Å². The Morgan fingerprint density at radius 3 is 2.68 bits per heavy atom. The average Bonchev–Trinajstić information content (AvgIpc) is 3.07. The van der Waals surface area contributed by atoms with Crippen LogP contribution in [0.1, 0.15) is 27.7 Å². The van der Waals surface area contributed by atoms with E-state index in [4.69, 9.17) is 13.7 Å². The molecule has 0 amide bonds. The van der Waals surface area contributed by atoms with E-state index < -0.39 is 18.1 Å². The highest BCUT2D eigenvalue weighted by atomic mass is 19.1. The largest absolute Gasteiger partial charge is 0.466 e. The van der Waals surface area contributed by atoms with Gasteiger partial charge in [-0.2, -0.15) is 4.57 Å². The first-order valence-corrected chi connectivity index (χ1v) is 9.19. The molecule has 0 bridgehead atoms. The molecule has 2 heterocycles. The summed E-state index contributed by atoms with van der Waals surface area (Å²) in [4.78, 5) is 3.57. The molecule has 0 saturated carbocycles. The normalized spacial score (nSPS) is 13.0. The molecule has 0 unspecified atom stereocenters. The molecule has 0 saturated heterocycles. The Bertz CT molecular complexity index is 1350. The van der Waals surface area contributed by atoms with Crippen LogP contribution in [0, 0.1) is 25.2 Å². The molecule has 28 heavy (non-hydrogen) atoms. The molecule has 3 nitrogen and oxygen atoms in total. The van der Waals surface area contributed by atoms with E-state index in [2.05, 4.69) is 4.85 Å². The van der Waals surface area contributed by atoms with Gasteiger partial charge in [-0.3, -0.25) is 0 Å². The molecule has 0 N–H and O–H groups in total. The van der Waals surface area contributed by atoms with Gasteiger partial charge in [-0.05, 0) is 24.8 Å². The topological polar surface area (TPSA) is 21.4 Å². The summed E-state index contributed by atoms with van der Waals surface area (Å²) in [7, 11) is 1.73. The molecule has 2 aromatic heterocycles. The number of fused-ring (bicyclic) bond motifs is 3. The van der Waals surface area contributed by atoms with Crippen LogP contribution in [0.2, 0.25) is 0 Å². The van der Waals surface area contributed by atoms with Crippen molar-refractivity contribution in [2.24, 2.45) is 13.0 Å². The number of hydrogen-bond acceptors (Lipinski definition) is 1. The van der Waals surface area contributed by atoms with Gasteiger partial charge in [0.2, 0.25) is 17.6 Å². The lowest BCUT2D eigenvalue weighted by molar-refractivity contribution is -0.662. The Balaban J connectivity index is 2.10. The number of aryl methyl sites for hydroxylation is 2. The summed E-state index contributed by atoms with van der Waals surface area (Å²) in [6, 6.07) is 11.0. The predicted molar refractivity (Wildman–Crippen MR) is 110 cm³/mol. The van der Waals surface area contributed by atoms with Crippen LogP contribution in [0.15, 0.2) is 47.0 Å². The Morgan fingerprint density at radius 1 is 1.21 bits per heavy atom. The van der Waals surface area contributed by atoms with Crippen molar-refractivity contribution in [3.05, 3.63) is 71.0 Å². The zero-order chi connectivity index (χ0) is 21.8. The molecule has 140 valence electrons. The van der Waals surface area contributed by atoms with Gasteiger partial charge in [-0.25, -0.2) is 9.24 Å². The van der Waals surface area contributed by atoms with Crippen molar-refractivity contribution in [2.75, 3.05) is 0 Å². The van der Waals surface area contributed by atoms with Gasteiger partial charge >= 0.3 is 0 Å². The van der Waals surface area contributed by atoms with E-state index in [1.807, 2.05) is 31.2 Å². The van der Waals surface area contributed by atoms with Crippen LogP contribution in [0.25, 0.3) is 38.0 Å². The maximum atomic E-state index is 14.8. The van der Waals surface area contributed by atoms with Crippen molar-refractivity contribution >= 4 is 27.6 Å². The van der Waals surface area contributed by atoms with E-state index in [0.717, 1.165) is 21.9 Å². The molecule has 2 aromatic carbocycles. The fourth-order valence-corrected chi connectivity index (χ4v) is 3.64. The van der Waals surface area contributed by atoms with Crippen molar-refractivity contribution in [3.8, 4) is 11.3 Å². The fourth-order valence-electron chi connectivity index (χ4n) is 3.64. The van der Waals surface area contributed by atoms with Crippen LogP contribution in [0.3, 0.4) is 0 Å². The summed E-state index contributed by atoms with van der Waals surface area (Å²) >= 11 is 0. The second kappa shape index (κ2) is 6.76. The number of hydrogen-bond donors (Lipinski definition) is 0. The minimum absolute atomic E-state index is 0.0277. The standard InChI is InChI=1S/C24H22FN2O/c1-14(2)11-16-12-21(27(5)13-19(16)25)22-15(3)9-10-18-17-7-6-8-20(26-4)23(17)28-24(18)22/h6-10,12-14H,11H2,1-3,5H3/q+1/i11D2. The number of benzene rings is 2. The summed E-state index contributed by atoms with van der Waals surface area (Å²) in [5, 5.41) is 1.72. The maximum absolute atomic E-state index is 14.8. The Hall–Kier alpha value is -3.19. The van der Waals surface area contributed by atoms with E-state index >= 15 is 0 Å². The highest BCUT2D eigenvalue weighted by molar-refractivity contribution is 6.12. The summed E-state index contributed by atoms with van der Waals surface area (Å²) in [6.45, 7) is 12.9. The lowest BCUT2D eigenvalue weighted by Gasteiger charge is -2.10. The molecule has 0 aliphatic carbocycles. The van der Waals surface area contributed by atoms with Gasteiger partial charge in [0.25, 0.3) is 0 Å². The molecule has 4 heteroatoms. The summed E-state index contributed by atoms with van der Waals surface area (Å²) in [5.74, 6) is -0.971. The van der Waals surface area contributed by atoms with Crippen molar-refractivity contribution < 1.29 is 16.1 Å². The van der Waals surface area contributed by atoms with Gasteiger partial charge in [-0.1, -0.05) is 44.2 Å². The monoisotopic (exact) mass is 375 g/mol. The number of para-hydroxylation sites is 1. The van der Waals surface area contributed by atoms with E-state index in [0.29, 0.717) is 22.5 Å². The first-order chi connectivity index (χ1) is 14.2. The maximum Gasteiger partial charge on any atom is 0.229 e. The van der Waals surface area contributed by atoms with Crippen LogP contribution < -0.4 is 4.57 Å². The Labute approximate surface area is 166 Å². The molecular formula is C24H22FN2O+. The van der Waals surface area contributed by atoms with Gasteiger partial charge in [0.15, 0.2) is 5.82 Å². The smallest absolute Gasteiger partial charge is 0.229 e. The lowest BCUT2D eigenvalue weighted by atomic mass is 9.97. The van der Waals surface area contributed by atoms with E-state index in [9.17, 15) is 4.39 Å². The quantitative estimate of drug-likeness (QED) is 0.305. The minimum Gasteiger partial charge on any atom is -0.466 e. The second-order valence-corrected chi connectivity index (χ2v) is 7.33. The predicted octanol–water partition coefficient (Wildman–Crippen LogP) is 6.27.